The van der Waals surface area contributed by atoms with Crippen molar-refractivity contribution >= 4 is 33.4 Å². The lowest BCUT2D eigenvalue weighted by molar-refractivity contribution is -0.129. The molecule has 2 fully saturated rings. The van der Waals surface area contributed by atoms with Crippen LogP contribution < -0.4 is 11.1 Å². The fourth-order valence-electron chi connectivity index (χ4n) is 3.20. The first-order valence-electron chi connectivity index (χ1n) is 8.49. The Balaban J connectivity index is 1.63. The van der Waals surface area contributed by atoms with Crippen molar-refractivity contribution in [3.05, 3.63) is 39.6 Å². The van der Waals surface area contributed by atoms with Gasteiger partial charge in [0.1, 0.15) is 0 Å². The number of nitrogen functional groups attached to an aromatic ring is 1. The van der Waals surface area contributed by atoms with Crippen molar-refractivity contribution in [3.63, 3.8) is 0 Å². The van der Waals surface area contributed by atoms with Gasteiger partial charge in [-0.05, 0) is 55.9 Å². The average Bonchev–Trinajstić information content (AvgIpc) is 3.00. The van der Waals surface area contributed by atoms with Crippen LogP contribution in [-0.4, -0.2) is 35.8 Å². The van der Waals surface area contributed by atoms with Crippen LogP contribution in [0, 0.1) is 0 Å². The van der Waals surface area contributed by atoms with Crippen LogP contribution in [-0.2, 0) is 4.79 Å². The minimum absolute atomic E-state index is 0.184. The van der Waals surface area contributed by atoms with Gasteiger partial charge < -0.3 is 16.0 Å². The lowest BCUT2D eigenvalue weighted by atomic mass is 9.91. The number of halogens is 2. The van der Waals surface area contributed by atoms with Crippen LogP contribution in [0.3, 0.4) is 0 Å². The number of rotatable bonds is 4. The molecular weight excluding hydrogens is 389 g/mol. The van der Waals surface area contributed by atoms with Crippen molar-refractivity contribution in [2.45, 2.75) is 38.1 Å². The minimum Gasteiger partial charge on any atom is -0.398 e. The molecule has 25 heavy (non-hydrogen) atoms. The summed E-state index contributed by atoms with van der Waals surface area (Å²) in [6, 6.07) is 4.89. The molecule has 0 radical (unpaired) electrons. The van der Waals surface area contributed by atoms with Gasteiger partial charge in [0.05, 0.1) is 5.56 Å². The van der Waals surface area contributed by atoms with Crippen LogP contribution in [0.4, 0.5) is 10.1 Å². The van der Waals surface area contributed by atoms with Gasteiger partial charge in [0.2, 0.25) is 0 Å². The SMILES string of the molecule is Nc1ccc(Br)cc1C(=O)NC[C@H]1CCCN1C(=O)C(F)=C1CCC1. The molecule has 2 aliphatic rings. The topological polar surface area (TPSA) is 75.4 Å². The van der Waals surface area contributed by atoms with E-state index in [2.05, 4.69) is 21.2 Å². The highest BCUT2D eigenvalue weighted by Crippen LogP contribution is 2.31. The molecule has 1 saturated heterocycles. The Kier molecular flexibility index (Phi) is 5.42. The minimum atomic E-state index is -0.597. The second kappa shape index (κ2) is 7.56. The zero-order valence-electron chi connectivity index (χ0n) is 13.9. The van der Waals surface area contributed by atoms with Gasteiger partial charge in [-0.3, -0.25) is 9.59 Å². The number of hydrogen-bond donors (Lipinski definition) is 2. The first-order chi connectivity index (χ1) is 12.0. The summed E-state index contributed by atoms with van der Waals surface area (Å²) in [5.74, 6) is -1.43. The Hall–Kier alpha value is -1.89. The van der Waals surface area contributed by atoms with Crippen LogP contribution in [0.2, 0.25) is 0 Å². The molecule has 3 rings (SSSR count). The van der Waals surface area contributed by atoms with E-state index in [4.69, 9.17) is 5.73 Å². The number of amides is 2. The van der Waals surface area contributed by atoms with Gasteiger partial charge in [-0.15, -0.1) is 0 Å². The molecule has 0 unspecified atom stereocenters. The average molecular weight is 410 g/mol. The molecule has 1 aliphatic heterocycles. The van der Waals surface area contributed by atoms with Crippen molar-refractivity contribution in [1.82, 2.24) is 10.2 Å². The fourth-order valence-corrected chi connectivity index (χ4v) is 3.56. The molecule has 1 heterocycles. The summed E-state index contributed by atoms with van der Waals surface area (Å²) in [4.78, 5) is 26.3. The van der Waals surface area contributed by atoms with Crippen LogP contribution in [0.15, 0.2) is 34.1 Å². The number of allylic oxidation sites excluding steroid dienone is 1. The Morgan fingerprint density at radius 3 is 2.76 bits per heavy atom. The number of nitrogens with two attached hydrogens (primary N) is 1. The van der Waals surface area contributed by atoms with Crippen LogP contribution in [0.5, 0.6) is 0 Å². The van der Waals surface area contributed by atoms with E-state index < -0.39 is 11.7 Å². The standard InChI is InChI=1S/C18H21BrFN3O2/c19-12-6-7-15(21)14(9-12)17(24)22-10-13-5-2-8-23(13)18(25)16(20)11-3-1-4-11/h6-7,9,13H,1-5,8,10,21H2,(H,22,24)/t13-/m1/s1. The number of benzene rings is 1. The maximum Gasteiger partial charge on any atom is 0.282 e. The van der Waals surface area contributed by atoms with E-state index in [1.165, 1.54) is 0 Å². The second-order valence-electron chi connectivity index (χ2n) is 6.51. The highest BCUT2D eigenvalue weighted by Gasteiger charge is 2.33. The van der Waals surface area contributed by atoms with Crippen molar-refractivity contribution in [3.8, 4) is 0 Å². The van der Waals surface area contributed by atoms with Gasteiger partial charge in [0, 0.05) is 29.3 Å². The summed E-state index contributed by atoms with van der Waals surface area (Å²) in [5, 5.41) is 2.82. The van der Waals surface area contributed by atoms with Crippen molar-refractivity contribution < 1.29 is 14.0 Å². The number of nitrogens with zero attached hydrogens (tertiary/aromatic N) is 1. The monoisotopic (exact) mass is 409 g/mol. The highest BCUT2D eigenvalue weighted by atomic mass is 79.9. The van der Waals surface area contributed by atoms with Gasteiger partial charge in [-0.25, -0.2) is 4.39 Å². The molecule has 7 heteroatoms. The summed E-state index contributed by atoms with van der Waals surface area (Å²) < 4.78 is 15.0. The molecule has 1 atom stereocenters. The summed E-state index contributed by atoms with van der Waals surface area (Å²) >= 11 is 3.32. The quantitative estimate of drug-likeness (QED) is 0.592. The third-order valence-corrected chi connectivity index (χ3v) is 5.34. The molecule has 0 aromatic heterocycles. The molecule has 5 nitrogen and oxygen atoms in total. The number of likely N-dealkylation sites (tertiary alicyclic amines) is 1. The van der Waals surface area contributed by atoms with Crippen molar-refractivity contribution in [2.24, 2.45) is 0 Å². The molecule has 1 saturated carbocycles. The molecule has 1 aromatic carbocycles. The predicted molar refractivity (Wildman–Crippen MR) is 97.6 cm³/mol. The van der Waals surface area contributed by atoms with Gasteiger partial charge in [0.15, 0.2) is 5.83 Å². The van der Waals surface area contributed by atoms with Gasteiger partial charge in [-0.2, -0.15) is 0 Å². The predicted octanol–water partition coefficient (Wildman–Crippen LogP) is 3.16. The third kappa shape index (κ3) is 3.86. The van der Waals surface area contributed by atoms with Gasteiger partial charge in [0.25, 0.3) is 11.8 Å². The zero-order valence-corrected chi connectivity index (χ0v) is 15.4. The molecule has 0 spiro atoms. The number of nitrogens with one attached hydrogen (secondary N) is 1. The van der Waals surface area contributed by atoms with Crippen LogP contribution >= 0.6 is 15.9 Å². The lowest BCUT2D eigenvalue weighted by Gasteiger charge is -2.26. The third-order valence-electron chi connectivity index (χ3n) is 4.85. The fraction of sp³-hybridized carbons (Fsp3) is 0.444. The maximum absolute atomic E-state index is 14.2. The first-order valence-corrected chi connectivity index (χ1v) is 9.28. The lowest BCUT2D eigenvalue weighted by Crippen LogP contribution is -2.43. The molecule has 134 valence electrons. The Labute approximate surface area is 154 Å². The van der Waals surface area contributed by atoms with Crippen LogP contribution in [0.25, 0.3) is 0 Å². The van der Waals surface area contributed by atoms with Crippen LogP contribution in [0.1, 0.15) is 42.5 Å². The summed E-state index contributed by atoms with van der Waals surface area (Å²) in [7, 11) is 0. The molecular formula is C18H21BrFN3O2. The van der Waals surface area contributed by atoms with Gasteiger partial charge >= 0.3 is 0 Å². The number of carbonyl (C=O) groups excluding carboxylic acids is 2. The van der Waals surface area contributed by atoms with E-state index in [0.29, 0.717) is 42.8 Å². The summed E-state index contributed by atoms with van der Waals surface area (Å²) in [6.45, 7) is 0.818. The number of hydrogen-bond acceptors (Lipinski definition) is 3. The summed E-state index contributed by atoms with van der Waals surface area (Å²) in [5.41, 5.74) is 7.24. The number of anilines is 1. The van der Waals surface area contributed by atoms with E-state index >= 15 is 0 Å². The normalized spacial score (nSPS) is 19.5. The van der Waals surface area contributed by atoms with E-state index in [1.807, 2.05) is 0 Å². The zero-order chi connectivity index (χ0) is 18.0. The Morgan fingerprint density at radius 2 is 2.08 bits per heavy atom. The van der Waals surface area contributed by atoms with E-state index in [9.17, 15) is 14.0 Å². The molecule has 2 amide bonds. The van der Waals surface area contributed by atoms with E-state index in [-0.39, 0.29) is 11.9 Å². The molecule has 1 aliphatic carbocycles. The Bertz CT molecular complexity index is 729. The smallest absolute Gasteiger partial charge is 0.282 e. The second-order valence-corrected chi connectivity index (χ2v) is 7.42. The molecule has 1 aromatic rings. The van der Waals surface area contributed by atoms with E-state index in [0.717, 1.165) is 23.7 Å². The van der Waals surface area contributed by atoms with Gasteiger partial charge in [-0.1, -0.05) is 15.9 Å². The molecule has 0 bridgehead atoms. The van der Waals surface area contributed by atoms with Crippen molar-refractivity contribution in [1.29, 1.82) is 0 Å². The largest absolute Gasteiger partial charge is 0.398 e. The molecule has 3 N–H and O–H groups in total. The highest BCUT2D eigenvalue weighted by molar-refractivity contribution is 9.10. The maximum atomic E-state index is 14.2. The Morgan fingerprint density at radius 1 is 1.32 bits per heavy atom. The first kappa shape index (κ1) is 17.9. The van der Waals surface area contributed by atoms with E-state index in [1.54, 1.807) is 23.1 Å². The number of carbonyl (C=O) groups is 2. The summed E-state index contributed by atoms with van der Waals surface area (Å²) in [6.07, 6.45) is 3.87. The van der Waals surface area contributed by atoms with Crippen molar-refractivity contribution in [2.75, 3.05) is 18.8 Å².